The van der Waals surface area contributed by atoms with Gasteiger partial charge in [-0.15, -0.1) is 0 Å². The van der Waals surface area contributed by atoms with Gasteiger partial charge in [0.05, 0.1) is 7.11 Å². The van der Waals surface area contributed by atoms with Crippen molar-refractivity contribution in [3.63, 3.8) is 0 Å². The van der Waals surface area contributed by atoms with Crippen LogP contribution < -0.4 is 15.4 Å². The minimum absolute atomic E-state index is 0.158. The average Bonchev–Trinajstić information content (AvgIpc) is 3.07. The average molecular weight is 475 g/mol. The number of hydrogen-bond acceptors (Lipinski definition) is 5. The van der Waals surface area contributed by atoms with Crippen LogP contribution in [0.25, 0.3) is 10.8 Å². The third-order valence-electron chi connectivity index (χ3n) is 6.02. The molecule has 0 spiro atoms. The van der Waals surface area contributed by atoms with Crippen LogP contribution in [0.5, 0.6) is 5.75 Å². The van der Waals surface area contributed by atoms with Crippen molar-refractivity contribution < 1.29 is 23.9 Å². The summed E-state index contributed by atoms with van der Waals surface area (Å²) in [6.45, 7) is 1.18. The molecular formula is C26H26N4O5. The Labute approximate surface area is 202 Å². The van der Waals surface area contributed by atoms with Crippen LogP contribution in [-0.2, 0) is 15.1 Å². The van der Waals surface area contributed by atoms with E-state index in [0.717, 1.165) is 21.4 Å². The SMILES string of the molecule is COc1ccc2cc([C@]3(C)NC(=O)N(CC(=O)Nc4ccc(C(=O)N(C)C)cc4)C3=O)ccc2c1. The zero-order valence-electron chi connectivity index (χ0n) is 19.9. The van der Waals surface area contributed by atoms with Gasteiger partial charge in [-0.05, 0) is 65.7 Å². The highest BCUT2D eigenvalue weighted by Crippen LogP contribution is 2.32. The molecule has 0 radical (unpaired) electrons. The lowest BCUT2D eigenvalue weighted by atomic mass is 9.90. The summed E-state index contributed by atoms with van der Waals surface area (Å²) >= 11 is 0. The zero-order chi connectivity index (χ0) is 25.3. The van der Waals surface area contributed by atoms with Gasteiger partial charge in [0, 0.05) is 25.3 Å². The fourth-order valence-electron chi connectivity index (χ4n) is 4.00. The number of fused-ring (bicyclic) bond motifs is 1. The first kappa shape index (κ1) is 23.7. The molecule has 4 rings (SSSR count). The molecule has 1 aliphatic rings. The number of urea groups is 1. The van der Waals surface area contributed by atoms with Crippen molar-refractivity contribution in [2.75, 3.05) is 33.1 Å². The first-order valence-electron chi connectivity index (χ1n) is 11.0. The smallest absolute Gasteiger partial charge is 0.325 e. The molecule has 2 N–H and O–H groups in total. The van der Waals surface area contributed by atoms with E-state index in [1.165, 1.54) is 4.90 Å². The lowest BCUT2D eigenvalue weighted by molar-refractivity contribution is -0.133. The zero-order valence-corrected chi connectivity index (χ0v) is 19.9. The molecule has 0 aliphatic carbocycles. The molecular weight excluding hydrogens is 448 g/mol. The number of nitrogens with zero attached hydrogens (tertiary/aromatic N) is 2. The standard InChI is InChI=1S/C26H26N4O5/c1-26(19-9-5-18-14-21(35-4)12-8-17(18)13-19)24(33)30(25(34)28-26)15-22(31)27-20-10-6-16(7-11-20)23(32)29(2)3/h5-14H,15H2,1-4H3,(H,27,31)(H,28,34)/t26-/m0/s1. The van der Waals surface area contributed by atoms with Crippen LogP contribution in [0.4, 0.5) is 10.5 Å². The maximum atomic E-state index is 13.2. The van der Waals surface area contributed by atoms with E-state index in [9.17, 15) is 19.2 Å². The van der Waals surface area contributed by atoms with Crippen LogP contribution in [0.3, 0.4) is 0 Å². The van der Waals surface area contributed by atoms with E-state index in [-0.39, 0.29) is 5.91 Å². The summed E-state index contributed by atoms with van der Waals surface area (Å²) in [4.78, 5) is 52.8. The number of hydrogen-bond donors (Lipinski definition) is 2. The normalized spacial score (nSPS) is 17.3. The predicted molar refractivity (Wildman–Crippen MR) is 131 cm³/mol. The van der Waals surface area contributed by atoms with Crippen LogP contribution in [0.2, 0.25) is 0 Å². The number of imide groups is 1. The molecule has 0 unspecified atom stereocenters. The largest absolute Gasteiger partial charge is 0.497 e. The highest BCUT2D eigenvalue weighted by Gasteiger charge is 2.49. The van der Waals surface area contributed by atoms with Crippen molar-refractivity contribution in [1.29, 1.82) is 0 Å². The first-order valence-corrected chi connectivity index (χ1v) is 11.0. The van der Waals surface area contributed by atoms with Crippen molar-refractivity contribution in [3.8, 4) is 5.75 Å². The molecule has 3 aromatic carbocycles. The monoisotopic (exact) mass is 474 g/mol. The third kappa shape index (κ3) is 4.52. The van der Waals surface area contributed by atoms with Gasteiger partial charge in [-0.3, -0.25) is 19.3 Å². The quantitative estimate of drug-likeness (QED) is 0.534. The summed E-state index contributed by atoms with van der Waals surface area (Å²) < 4.78 is 5.25. The van der Waals surface area contributed by atoms with E-state index in [0.29, 0.717) is 16.8 Å². The van der Waals surface area contributed by atoms with Crippen molar-refractivity contribution in [3.05, 3.63) is 71.8 Å². The van der Waals surface area contributed by atoms with E-state index >= 15 is 0 Å². The molecule has 1 aliphatic heterocycles. The maximum Gasteiger partial charge on any atom is 0.325 e. The Hall–Kier alpha value is -4.40. The second-order valence-electron chi connectivity index (χ2n) is 8.70. The lowest BCUT2D eigenvalue weighted by Crippen LogP contribution is -2.42. The van der Waals surface area contributed by atoms with Gasteiger partial charge in [0.1, 0.15) is 17.8 Å². The predicted octanol–water partition coefficient (Wildman–Crippen LogP) is 2.96. The Morgan fingerprint density at radius 1 is 1.00 bits per heavy atom. The highest BCUT2D eigenvalue weighted by molar-refractivity contribution is 6.10. The molecule has 1 atom stereocenters. The van der Waals surface area contributed by atoms with Crippen molar-refractivity contribution in [1.82, 2.24) is 15.1 Å². The number of carbonyl (C=O) groups is 4. The number of benzene rings is 3. The highest BCUT2D eigenvalue weighted by atomic mass is 16.5. The van der Waals surface area contributed by atoms with Gasteiger partial charge in [0.25, 0.3) is 11.8 Å². The summed E-state index contributed by atoms with van der Waals surface area (Å²) in [6.07, 6.45) is 0. The molecule has 1 saturated heterocycles. The number of ether oxygens (including phenoxy) is 1. The lowest BCUT2D eigenvalue weighted by Gasteiger charge is -2.22. The van der Waals surface area contributed by atoms with Crippen LogP contribution in [0, 0.1) is 0 Å². The summed E-state index contributed by atoms with van der Waals surface area (Å²) in [6, 6.07) is 16.8. The van der Waals surface area contributed by atoms with Gasteiger partial charge >= 0.3 is 6.03 Å². The summed E-state index contributed by atoms with van der Waals surface area (Å²) in [7, 11) is 4.90. The maximum absolute atomic E-state index is 13.2. The van der Waals surface area contributed by atoms with Crippen molar-refractivity contribution in [2.45, 2.75) is 12.5 Å². The van der Waals surface area contributed by atoms with E-state index in [1.54, 1.807) is 58.5 Å². The topological polar surface area (TPSA) is 108 Å². The van der Waals surface area contributed by atoms with Crippen LogP contribution in [0.1, 0.15) is 22.8 Å². The third-order valence-corrected chi connectivity index (χ3v) is 6.02. The molecule has 5 amide bonds. The molecule has 1 fully saturated rings. The van der Waals surface area contributed by atoms with Gasteiger partial charge in [-0.2, -0.15) is 0 Å². The van der Waals surface area contributed by atoms with E-state index in [4.69, 9.17) is 4.74 Å². The second kappa shape index (κ2) is 9.09. The number of rotatable bonds is 6. The summed E-state index contributed by atoms with van der Waals surface area (Å²) in [5, 5.41) is 7.20. The van der Waals surface area contributed by atoms with Crippen molar-refractivity contribution >= 4 is 40.2 Å². The van der Waals surface area contributed by atoms with E-state index < -0.39 is 29.9 Å². The summed E-state index contributed by atoms with van der Waals surface area (Å²) in [5.41, 5.74) is 0.231. The molecule has 3 aromatic rings. The van der Waals surface area contributed by atoms with Gasteiger partial charge in [0.2, 0.25) is 5.91 Å². The number of carbonyl (C=O) groups excluding carboxylic acids is 4. The fraction of sp³-hybridized carbons (Fsp3) is 0.231. The van der Waals surface area contributed by atoms with Crippen molar-refractivity contribution in [2.24, 2.45) is 0 Å². The van der Waals surface area contributed by atoms with Crippen LogP contribution >= 0.6 is 0 Å². The van der Waals surface area contributed by atoms with Gasteiger partial charge in [-0.1, -0.05) is 18.2 Å². The number of nitrogens with one attached hydrogen (secondary N) is 2. The minimum Gasteiger partial charge on any atom is -0.497 e. The van der Waals surface area contributed by atoms with Gasteiger partial charge in [-0.25, -0.2) is 4.79 Å². The molecule has 9 nitrogen and oxygen atoms in total. The van der Waals surface area contributed by atoms with Crippen LogP contribution in [0.15, 0.2) is 60.7 Å². The molecule has 0 bridgehead atoms. The van der Waals surface area contributed by atoms with E-state index in [1.807, 2.05) is 30.3 Å². The number of amides is 5. The Bertz CT molecular complexity index is 1340. The second-order valence-corrected chi connectivity index (χ2v) is 8.70. The number of methoxy groups -OCH3 is 1. The Kier molecular flexibility index (Phi) is 6.17. The first-order chi connectivity index (χ1) is 16.6. The van der Waals surface area contributed by atoms with Gasteiger partial charge < -0.3 is 20.3 Å². The van der Waals surface area contributed by atoms with Gasteiger partial charge in [0.15, 0.2) is 0 Å². The molecule has 9 heteroatoms. The Balaban J connectivity index is 1.48. The molecule has 180 valence electrons. The Morgan fingerprint density at radius 3 is 2.31 bits per heavy atom. The minimum atomic E-state index is -1.31. The molecule has 0 saturated carbocycles. The molecule has 0 aromatic heterocycles. The van der Waals surface area contributed by atoms with Crippen LogP contribution in [-0.4, -0.2) is 61.3 Å². The molecule has 35 heavy (non-hydrogen) atoms. The van der Waals surface area contributed by atoms with E-state index in [2.05, 4.69) is 10.6 Å². The molecule has 1 heterocycles. The number of anilines is 1. The fourth-order valence-corrected chi connectivity index (χ4v) is 4.00. The summed E-state index contributed by atoms with van der Waals surface area (Å²) in [5.74, 6) is -0.486. The Morgan fingerprint density at radius 2 is 1.66 bits per heavy atom.